The van der Waals surface area contributed by atoms with E-state index < -0.39 is 33.5 Å². The number of halogens is 1. The van der Waals surface area contributed by atoms with Crippen LogP contribution in [0.1, 0.15) is 24.5 Å². The summed E-state index contributed by atoms with van der Waals surface area (Å²) in [5.74, 6) is -0.977. The molecule has 2 N–H and O–H groups in total. The summed E-state index contributed by atoms with van der Waals surface area (Å²) in [6, 6.07) is 10.00. The third-order valence-corrected chi connectivity index (χ3v) is 4.27. The molecule has 0 heterocycles. The Balaban J connectivity index is 1.89. The van der Waals surface area contributed by atoms with Gasteiger partial charge in [-0.05, 0) is 30.7 Å². The maximum absolute atomic E-state index is 12.0. The maximum atomic E-state index is 12.0. The van der Waals surface area contributed by atoms with E-state index in [2.05, 4.69) is 15.8 Å². The van der Waals surface area contributed by atoms with Crippen LogP contribution in [0, 0.1) is 20.2 Å². The molecule has 0 aromatic heterocycles. The quantitative estimate of drug-likeness (QED) is 0.341. The van der Waals surface area contributed by atoms with Crippen LogP contribution in [0.25, 0.3) is 0 Å². The predicted molar refractivity (Wildman–Crippen MR) is 113 cm³/mol. The number of amides is 2. The first-order chi connectivity index (χ1) is 14.7. The first-order valence-electron chi connectivity index (χ1n) is 8.90. The third kappa shape index (κ3) is 7.48. The number of carbonyl (C=O) groups is 2. The second-order valence-electron chi connectivity index (χ2n) is 6.47. The van der Waals surface area contributed by atoms with Crippen LogP contribution in [0.2, 0.25) is 5.02 Å². The van der Waals surface area contributed by atoms with E-state index >= 15 is 0 Å². The highest BCUT2D eigenvalue weighted by molar-refractivity contribution is 6.30. The molecule has 12 heteroatoms. The molecule has 31 heavy (non-hydrogen) atoms. The molecule has 0 aliphatic rings. The lowest BCUT2D eigenvalue weighted by Crippen LogP contribution is -2.26. The highest BCUT2D eigenvalue weighted by Gasteiger charge is 2.21. The van der Waals surface area contributed by atoms with Gasteiger partial charge < -0.3 is 5.32 Å². The Hall–Kier alpha value is -3.86. The standard InChI is InChI=1S/C19H18ClN5O6/c1-12(8-18(26)21-11-13-2-5-15(20)6-3-13)22-23-19(27)9-14-4-7-16(24(28)29)10-17(14)25(30)31/h2-7,10H,8-9,11H2,1H3,(H,21,26)(H,23,27)/b22-12+. The Bertz CT molecular complexity index is 1040. The van der Waals surface area contributed by atoms with E-state index in [0.717, 1.165) is 23.8 Å². The van der Waals surface area contributed by atoms with Crippen LogP contribution >= 0.6 is 11.6 Å². The lowest BCUT2D eigenvalue weighted by molar-refractivity contribution is -0.394. The van der Waals surface area contributed by atoms with Crippen LogP contribution in [-0.4, -0.2) is 27.4 Å². The summed E-state index contributed by atoms with van der Waals surface area (Å²) in [5.41, 5.74) is 2.42. The molecule has 0 aliphatic carbocycles. The molecule has 0 atom stereocenters. The van der Waals surface area contributed by atoms with Gasteiger partial charge in [0, 0.05) is 28.9 Å². The van der Waals surface area contributed by atoms with Gasteiger partial charge in [0.25, 0.3) is 11.4 Å². The van der Waals surface area contributed by atoms with Crippen molar-refractivity contribution in [3.8, 4) is 0 Å². The van der Waals surface area contributed by atoms with Crippen LogP contribution in [0.3, 0.4) is 0 Å². The largest absolute Gasteiger partial charge is 0.352 e. The summed E-state index contributed by atoms with van der Waals surface area (Å²) in [5, 5.41) is 29.0. The second-order valence-corrected chi connectivity index (χ2v) is 6.90. The lowest BCUT2D eigenvalue weighted by atomic mass is 10.1. The molecule has 0 aliphatic heterocycles. The van der Waals surface area contributed by atoms with Gasteiger partial charge in [-0.15, -0.1) is 0 Å². The lowest BCUT2D eigenvalue weighted by Gasteiger charge is -2.06. The van der Waals surface area contributed by atoms with Crippen LogP contribution in [0.5, 0.6) is 0 Å². The molecule has 0 unspecified atom stereocenters. The van der Waals surface area contributed by atoms with Gasteiger partial charge in [0.1, 0.15) is 0 Å². The number of nitro groups is 2. The number of carbonyl (C=O) groups excluding carboxylic acids is 2. The van der Waals surface area contributed by atoms with Crippen molar-refractivity contribution in [1.82, 2.24) is 10.7 Å². The molecule has 0 spiro atoms. The van der Waals surface area contributed by atoms with E-state index in [1.807, 2.05) is 0 Å². The van der Waals surface area contributed by atoms with Crippen molar-refractivity contribution >= 4 is 40.5 Å². The van der Waals surface area contributed by atoms with Crippen LogP contribution in [0.4, 0.5) is 11.4 Å². The number of hydrogen-bond donors (Lipinski definition) is 2. The van der Waals surface area contributed by atoms with Crippen molar-refractivity contribution < 1.29 is 19.4 Å². The molecular weight excluding hydrogens is 430 g/mol. The fourth-order valence-corrected chi connectivity index (χ4v) is 2.62. The van der Waals surface area contributed by atoms with Gasteiger partial charge in [-0.1, -0.05) is 23.7 Å². The smallest absolute Gasteiger partial charge is 0.279 e. The number of non-ortho nitro benzene ring substituents is 1. The number of hydrazone groups is 1. The average molecular weight is 448 g/mol. The normalized spacial score (nSPS) is 11.0. The van der Waals surface area contributed by atoms with E-state index in [9.17, 15) is 29.8 Å². The molecule has 2 rings (SSSR count). The van der Waals surface area contributed by atoms with Crippen LogP contribution < -0.4 is 10.7 Å². The molecule has 0 fully saturated rings. The van der Waals surface area contributed by atoms with Gasteiger partial charge >= 0.3 is 0 Å². The molecule has 0 bridgehead atoms. The van der Waals surface area contributed by atoms with Crippen molar-refractivity contribution in [3.63, 3.8) is 0 Å². The molecular formula is C19H18ClN5O6. The summed E-state index contributed by atoms with van der Waals surface area (Å²) >= 11 is 5.80. The monoisotopic (exact) mass is 447 g/mol. The van der Waals surface area contributed by atoms with E-state index in [1.165, 1.54) is 6.92 Å². The summed E-state index contributed by atoms with van der Waals surface area (Å²) in [6.45, 7) is 1.84. The molecule has 11 nitrogen and oxygen atoms in total. The Labute approximate surface area is 181 Å². The molecule has 0 saturated carbocycles. The van der Waals surface area contributed by atoms with Gasteiger partial charge in [0.2, 0.25) is 11.8 Å². The van der Waals surface area contributed by atoms with Crippen molar-refractivity contribution in [2.75, 3.05) is 0 Å². The minimum Gasteiger partial charge on any atom is -0.352 e. The van der Waals surface area contributed by atoms with Gasteiger partial charge in [-0.2, -0.15) is 5.10 Å². The summed E-state index contributed by atoms with van der Waals surface area (Å²) < 4.78 is 0. The van der Waals surface area contributed by atoms with Gasteiger partial charge in [0.15, 0.2) is 0 Å². The maximum Gasteiger partial charge on any atom is 0.279 e. The highest BCUT2D eigenvalue weighted by atomic mass is 35.5. The number of rotatable bonds is 9. The summed E-state index contributed by atoms with van der Waals surface area (Å²) in [4.78, 5) is 44.3. The minimum atomic E-state index is -0.796. The fourth-order valence-electron chi connectivity index (χ4n) is 2.49. The van der Waals surface area contributed by atoms with Crippen LogP contribution in [0.15, 0.2) is 47.6 Å². The van der Waals surface area contributed by atoms with Crippen molar-refractivity contribution in [1.29, 1.82) is 0 Å². The Kier molecular flexibility index (Phi) is 8.15. The number of nitrogens with one attached hydrogen (secondary N) is 2. The Morgan fingerprint density at radius 1 is 1.03 bits per heavy atom. The zero-order valence-corrected chi connectivity index (χ0v) is 17.1. The van der Waals surface area contributed by atoms with Crippen molar-refractivity contribution in [3.05, 3.63) is 78.8 Å². The Morgan fingerprint density at radius 3 is 2.32 bits per heavy atom. The minimum absolute atomic E-state index is 0.00154. The predicted octanol–water partition coefficient (Wildman–Crippen LogP) is 2.90. The van der Waals surface area contributed by atoms with Gasteiger partial charge in [-0.25, -0.2) is 5.43 Å². The van der Waals surface area contributed by atoms with Crippen LogP contribution in [-0.2, 0) is 22.6 Å². The van der Waals surface area contributed by atoms with E-state index in [0.29, 0.717) is 17.3 Å². The first kappa shape index (κ1) is 23.4. The second kappa shape index (κ2) is 10.8. The Morgan fingerprint density at radius 2 is 1.71 bits per heavy atom. The van der Waals surface area contributed by atoms with E-state index in [4.69, 9.17) is 11.6 Å². The molecule has 0 saturated heterocycles. The number of nitro benzene ring substituents is 2. The molecule has 0 radical (unpaired) electrons. The SMILES string of the molecule is C/C(CC(=O)NCc1ccc(Cl)cc1)=N\NC(=O)Cc1ccc([N+](=O)[O-])cc1[N+](=O)[O-]. The van der Waals surface area contributed by atoms with Gasteiger partial charge in [-0.3, -0.25) is 29.8 Å². The van der Waals surface area contributed by atoms with E-state index in [-0.39, 0.29) is 17.9 Å². The molecule has 162 valence electrons. The molecule has 2 aromatic rings. The number of nitrogens with zero attached hydrogens (tertiary/aromatic N) is 3. The fraction of sp³-hybridized carbons (Fsp3) is 0.211. The number of benzene rings is 2. The highest BCUT2D eigenvalue weighted by Crippen LogP contribution is 2.25. The zero-order chi connectivity index (χ0) is 23.0. The third-order valence-electron chi connectivity index (χ3n) is 4.02. The number of hydrogen-bond acceptors (Lipinski definition) is 7. The average Bonchev–Trinajstić information content (AvgIpc) is 2.71. The van der Waals surface area contributed by atoms with Gasteiger partial charge in [0.05, 0.1) is 28.8 Å². The summed E-state index contributed by atoms with van der Waals surface area (Å²) in [7, 11) is 0. The van der Waals surface area contributed by atoms with Crippen molar-refractivity contribution in [2.24, 2.45) is 5.10 Å². The molecule has 2 aromatic carbocycles. The molecule has 2 amide bonds. The summed E-state index contributed by atoms with van der Waals surface area (Å²) in [6.07, 6.45) is -0.473. The van der Waals surface area contributed by atoms with E-state index in [1.54, 1.807) is 24.3 Å². The zero-order valence-electron chi connectivity index (χ0n) is 16.3. The first-order valence-corrected chi connectivity index (χ1v) is 9.28. The van der Waals surface area contributed by atoms with Crippen molar-refractivity contribution in [2.45, 2.75) is 26.3 Å². The topological polar surface area (TPSA) is 157 Å².